The highest BCUT2D eigenvalue weighted by Crippen LogP contribution is 2.25. The molecule has 2 heterocycles. The summed E-state index contributed by atoms with van der Waals surface area (Å²) in [4.78, 5) is 15.4. The average molecular weight is 444 g/mol. The average Bonchev–Trinajstić information content (AvgIpc) is 3.02. The van der Waals surface area contributed by atoms with Gasteiger partial charge in [0.15, 0.2) is 5.76 Å². The van der Waals surface area contributed by atoms with E-state index in [0.717, 1.165) is 4.90 Å². The molecule has 0 N–H and O–H groups in total. The molecular formula is C18H22ClN3O4S2. The Morgan fingerprint density at radius 1 is 1.18 bits per heavy atom. The number of benzene rings is 1. The van der Waals surface area contributed by atoms with E-state index < -0.39 is 10.0 Å². The second-order valence-corrected chi connectivity index (χ2v) is 9.97. The molecule has 0 saturated carbocycles. The van der Waals surface area contributed by atoms with Crippen LogP contribution in [-0.4, -0.2) is 60.6 Å². The van der Waals surface area contributed by atoms with Crippen molar-refractivity contribution in [3.8, 4) is 0 Å². The molecule has 0 atom stereocenters. The third-order valence-corrected chi connectivity index (χ3v) is 7.96. The molecule has 3 rings (SSSR count). The van der Waals surface area contributed by atoms with Crippen molar-refractivity contribution < 1.29 is 17.7 Å². The van der Waals surface area contributed by atoms with Gasteiger partial charge in [-0.2, -0.15) is 4.31 Å². The molecule has 1 saturated heterocycles. The fourth-order valence-corrected chi connectivity index (χ4v) is 5.78. The number of hydrogen-bond donors (Lipinski definition) is 0. The summed E-state index contributed by atoms with van der Waals surface area (Å²) in [6.45, 7) is 4.50. The number of sulfonamides is 1. The Bertz CT molecular complexity index is 917. The molecule has 1 fully saturated rings. The summed E-state index contributed by atoms with van der Waals surface area (Å²) in [5, 5.41) is 4.41. The number of rotatable bonds is 6. The molecule has 0 bridgehead atoms. The van der Waals surface area contributed by atoms with Crippen LogP contribution in [0.2, 0.25) is 5.02 Å². The Balaban J connectivity index is 1.50. The van der Waals surface area contributed by atoms with Gasteiger partial charge in [-0.3, -0.25) is 4.79 Å². The summed E-state index contributed by atoms with van der Waals surface area (Å²) in [5.74, 6) is 0.990. The van der Waals surface area contributed by atoms with E-state index in [1.165, 1.54) is 4.31 Å². The number of aryl methyl sites for hydroxylation is 2. The molecule has 0 radical (unpaired) electrons. The zero-order chi connectivity index (χ0) is 20.3. The van der Waals surface area contributed by atoms with E-state index in [4.69, 9.17) is 16.1 Å². The van der Waals surface area contributed by atoms with Gasteiger partial charge in [0.2, 0.25) is 15.9 Å². The number of thioether (sulfide) groups is 1. The third kappa shape index (κ3) is 4.71. The molecule has 1 amide bonds. The summed E-state index contributed by atoms with van der Waals surface area (Å²) >= 11 is 7.46. The molecule has 0 aliphatic carbocycles. The summed E-state index contributed by atoms with van der Waals surface area (Å²) in [5.41, 5.74) is 0.357. The van der Waals surface area contributed by atoms with Gasteiger partial charge in [0.05, 0.1) is 0 Å². The minimum atomic E-state index is -3.66. The highest BCUT2D eigenvalue weighted by atomic mass is 35.5. The van der Waals surface area contributed by atoms with Crippen LogP contribution in [-0.2, 0) is 14.8 Å². The maximum atomic E-state index is 12.8. The first-order valence-electron chi connectivity index (χ1n) is 8.88. The molecule has 2 aromatic rings. The lowest BCUT2D eigenvalue weighted by atomic mass is 10.3. The molecule has 0 unspecified atom stereocenters. The van der Waals surface area contributed by atoms with Crippen molar-refractivity contribution in [1.29, 1.82) is 0 Å². The van der Waals surface area contributed by atoms with E-state index in [2.05, 4.69) is 5.16 Å². The number of carbonyl (C=O) groups is 1. The van der Waals surface area contributed by atoms with Gasteiger partial charge >= 0.3 is 0 Å². The number of hydrogen-bond acceptors (Lipinski definition) is 6. The standard InChI is InChI=1S/C18H22ClN3O4S2/c1-13-18(14(2)26-20-13)28(24,25)22-10-8-21(9-11-22)17(23)7-12-27-16-5-3-15(19)4-6-16/h3-6H,7-12H2,1-2H3. The van der Waals surface area contributed by atoms with Crippen LogP contribution < -0.4 is 0 Å². The molecule has 1 aliphatic rings. The highest BCUT2D eigenvalue weighted by Gasteiger charge is 2.34. The molecule has 10 heteroatoms. The molecule has 152 valence electrons. The Labute approximate surface area is 174 Å². The van der Waals surface area contributed by atoms with Crippen LogP contribution in [0.4, 0.5) is 0 Å². The summed E-state index contributed by atoms with van der Waals surface area (Å²) in [7, 11) is -3.66. The third-order valence-electron chi connectivity index (χ3n) is 4.56. The minimum Gasteiger partial charge on any atom is -0.360 e. The van der Waals surface area contributed by atoms with E-state index in [1.807, 2.05) is 24.3 Å². The van der Waals surface area contributed by atoms with Crippen LogP contribution in [0, 0.1) is 13.8 Å². The summed E-state index contributed by atoms with van der Waals surface area (Å²) in [6.07, 6.45) is 0.407. The van der Waals surface area contributed by atoms with E-state index in [1.54, 1.807) is 30.5 Å². The fourth-order valence-electron chi connectivity index (χ4n) is 3.09. The number of piperazine rings is 1. The molecule has 0 spiro atoms. The Hall–Kier alpha value is -1.55. The van der Waals surface area contributed by atoms with Gasteiger partial charge in [-0.25, -0.2) is 8.42 Å². The second kappa shape index (κ2) is 8.86. The van der Waals surface area contributed by atoms with Gasteiger partial charge in [-0.05, 0) is 38.1 Å². The quantitative estimate of drug-likeness (QED) is 0.638. The molecule has 1 aliphatic heterocycles. The van der Waals surface area contributed by atoms with Crippen molar-refractivity contribution in [3.05, 3.63) is 40.7 Å². The van der Waals surface area contributed by atoms with Crippen molar-refractivity contribution in [2.45, 2.75) is 30.1 Å². The number of amides is 1. The molecule has 1 aromatic carbocycles. The van der Waals surface area contributed by atoms with Crippen LogP contribution in [0.3, 0.4) is 0 Å². The lowest BCUT2D eigenvalue weighted by Gasteiger charge is -2.34. The van der Waals surface area contributed by atoms with Gasteiger partial charge in [-0.15, -0.1) is 11.8 Å². The lowest BCUT2D eigenvalue weighted by molar-refractivity contribution is -0.131. The maximum Gasteiger partial charge on any atom is 0.248 e. The van der Waals surface area contributed by atoms with Crippen LogP contribution in [0.15, 0.2) is 38.6 Å². The molecular weight excluding hydrogens is 422 g/mol. The molecule has 28 heavy (non-hydrogen) atoms. The van der Waals surface area contributed by atoms with E-state index in [0.29, 0.717) is 36.0 Å². The smallest absolute Gasteiger partial charge is 0.248 e. The monoisotopic (exact) mass is 443 g/mol. The van der Waals surface area contributed by atoms with Gasteiger partial charge in [0.25, 0.3) is 0 Å². The van der Waals surface area contributed by atoms with Gasteiger partial charge in [0, 0.05) is 48.3 Å². The van der Waals surface area contributed by atoms with Crippen molar-refractivity contribution in [1.82, 2.24) is 14.4 Å². The second-order valence-electron chi connectivity index (χ2n) is 6.49. The number of halogens is 1. The Morgan fingerprint density at radius 2 is 1.82 bits per heavy atom. The Kier molecular flexibility index (Phi) is 6.69. The molecule has 1 aromatic heterocycles. The van der Waals surface area contributed by atoms with Crippen molar-refractivity contribution in [2.24, 2.45) is 0 Å². The normalized spacial score (nSPS) is 15.8. The van der Waals surface area contributed by atoms with Crippen molar-refractivity contribution in [2.75, 3.05) is 31.9 Å². The lowest BCUT2D eigenvalue weighted by Crippen LogP contribution is -2.50. The maximum absolute atomic E-state index is 12.8. The fraction of sp³-hybridized carbons (Fsp3) is 0.444. The first kappa shape index (κ1) is 21.2. The van der Waals surface area contributed by atoms with E-state index >= 15 is 0 Å². The summed E-state index contributed by atoms with van der Waals surface area (Å²) in [6, 6.07) is 7.50. The highest BCUT2D eigenvalue weighted by molar-refractivity contribution is 7.99. The van der Waals surface area contributed by atoms with E-state index in [9.17, 15) is 13.2 Å². The zero-order valence-corrected chi connectivity index (χ0v) is 18.1. The topological polar surface area (TPSA) is 83.7 Å². The minimum absolute atomic E-state index is 0.0378. The van der Waals surface area contributed by atoms with Crippen LogP contribution in [0.5, 0.6) is 0 Å². The van der Waals surface area contributed by atoms with Gasteiger partial charge in [-0.1, -0.05) is 16.8 Å². The first-order chi connectivity index (χ1) is 13.3. The number of carbonyl (C=O) groups excluding carboxylic acids is 1. The zero-order valence-electron chi connectivity index (χ0n) is 15.7. The van der Waals surface area contributed by atoms with Crippen molar-refractivity contribution >= 4 is 39.3 Å². The van der Waals surface area contributed by atoms with Crippen molar-refractivity contribution in [3.63, 3.8) is 0 Å². The predicted octanol–water partition coefficient (Wildman–Crippen LogP) is 2.96. The van der Waals surface area contributed by atoms with Gasteiger partial charge in [0.1, 0.15) is 10.6 Å². The van der Waals surface area contributed by atoms with Gasteiger partial charge < -0.3 is 9.42 Å². The SMILES string of the molecule is Cc1noc(C)c1S(=O)(=O)N1CCN(C(=O)CCSc2ccc(Cl)cc2)CC1. The van der Waals surface area contributed by atoms with E-state index in [-0.39, 0.29) is 29.7 Å². The van der Waals surface area contributed by atoms with Crippen LogP contribution >= 0.6 is 23.4 Å². The predicted molar refractivity (Wildman–Crippen MR) is 108 cm³/mol. The number of aromatic nitrogens is 1. The van der Waals surface area contributed by atoms with Crippen LogP contribution in [0.25, 0.3) is 0 Å². The first-order valence-corrected chi connectivity index (χ1v) is 11.7. The number of nitrogens with zero attached hydrogens (tertiary/aromatic N) is 3. The Morgan fingerprint density at radius 3 is 2.39 bits per heavy atom. The largest absolute Gasteiger partial charge is 0.360 e. The van der Waals surface area contributed by atoms with Crippen LogP contribution in [0.1, 0.15) is 17.9 Å². The summed E-state index contributed by atoms with van der Waals surface area (Å²) < 4.78 is 32.0. The molecule has 7 nitrogen and oxygen atoms in total.